The van der Waals surface area contributed by atoms with E-state index < -0.39 is 10.0 Å². The molecular weight excluding hydrogens is 444 g/mol. The summed E-state index contributed by atoms with van der Waals surface area (Å²) in [6.07, 6.45) is 0. The lowest BCUT2D eigenvalue weighted by atomic mass is 10.1. The second-order valence-corrected chi connectivity index (χ2v) is 9.89. The van der Waals surface area contributed by atoms with Gasteiger partial charge in [0.25, 0.3) is 0 Å². The molecule has 2 aliphatic heterocycles. The summed E-state index contributed by atoms with van der Waals surface area (Å²) in [5.74, 6) is 1.24. The summed E-state index contributed by atoms with van der Waals surface area (Å²) in [7, 11) is -3.76. The molecule has 0 saturated carbocycles. The maximum Gasteiger partial charge on any atom is 0.244 e. The van der Waals surface area contributed by atoms with Crippen LogP contribution in [0.15, 0.2) is 47.4 Å². The molecule has 174 valence electrons. The topological polar surface area (TPSA) is 112 Å². The van der Waals surface area contributed by atoms with E-state index in [1.807, 2.05) is 36.1 Å². The van der Waals surface area contributed by atoms with Gasteiger partial charge in [0.2, 0.25) is 15.9 Å². The van der Waals surface area contributed by atoms with Crippen molar-refractivity contribution in [2.24, 2.45) is 0 Å². The second-order valence-electron chi connectivity index (χ2n) is 7.98. The van der Waals surface area contributed by atoms with Gasteiger partial charge in [-0.3, -0.25) is 9.69 Å². The number of rotatable bonds is 6. The number of fused-ring (bicyclic) bond motifs is 1. The number of nitrogens with one attached hydrogen (secondary N) is 1. The molecule has 9 nitrogen and oxygen atoms in total. The minimum absolute atomic E-state index is 0.0203. The number of ether oxygens (including phenoxy) is 2. The first-order valence-electron chi connectivity index (χ1n) is 10.8. The van der Waals surface area contributed by atoms with Crippen molar-refractivity contribution in [1.29, 1.82) is 5.26 Å². The van der Waals surface area contributed by atoms with Gasteiger partial charge >= 0.3 is 0 Å². The Bertz CT molecular complexity index is 1170. The van der Waals surface area contributed by atoms with Gasteiger partial charge in [0.05, 0.1) is 23.0 Å². The maximum absolute atomic E-state index is 13.0. The molecule has 1 atom stereocenters. The van der Waals surface area contributed by atoms with Gasteiger partial charge in [0, 0.05) is 26.2 Å². The van der Waals surface area contributed by atoms with Crippen molar-refractivity contribution in [3.8, 4) is 17.6 Å². The Morgan fingerprint density at radius 1 is 1.09 bits per heavy atom. The van der Waals surface area contributed by atoms with Crippen molar-refractivity contribution >= 4 is 15.9 Å². The molecule has 33 heavy (non-hydrogen) atoms. The summed E-state index contributed by atoms with van der Waals surface area (Å²) in [6.45, 7) is 4.48. The van der Waals surface area contributed by atoms with E-state index in [9.17, 15) is 18.5 Å². The number of hydrogen-bond acceptors (Lipinski definition) is 7. The predicted octanol–water partition coefficient (Wildman–Crippen LogP) is 1.51. The fourth-order valence-corrected chi connectivity index (χ4v) is 5.52. The van der Waals surface area contributed by atoms with Crippen molar-refractivity contribution in [2.45, 2.75) is 17.9 Å². The summed E-state index contributed by atoms with van der Waals surface area (Å²) < 4.78 is 38.4. The molecule has 2 aliphatic rings. The number of nitriles is 1. The molecule has 2 aromatic rings. The lowest BCUT2D eigenvalue weighted by molar-refractivity contribution is -0.123. The Morgan fingerprint density at radius 2 is 1.79 bits per heavy atom. The van der Waals surface area contributed by atoms with Crippen LogP contribution in [0.5, 0.6) is 11.5 Å². The molecule has 1 amide bonds. The fraction of sp³-hybridized carbons (Fsp3) is 0.391. The van der Waals surface area contributed by atoms with Crippen molar-refractivity contribution in [1.82, 2.24) is 14.5 Å². The molecule has 1 unspecified atom stereocenters. The number of sulfonamides is 1. The Kier molecular flexibility index (Phi) is 6.83. The molecule has 0 aliphatic carbocycles. The summed E-state index contributed by atoms with van der Waals surface area (Å²) in [5.41, 5.74) is 1.05. The van der Waals surface area contributed by atoms with Gasteiger partial charge in [-0.2, -0.15) is 9.57 Å². The zero-order valence-corrected chi connectivity index (χ0v) is 19.2. The third-order valence-electron chi connectivity index (χ3n) is 5.77. The van der Waals surface area contributed by atoms with Crippen LogP contribution in [-0.2, 0) is 14.8 Å². The molecule has 1 fully saturated rings. The van der Waals surface area contributed by atoms with Crippen LogP contribution in [0.4, 0.5) is 0 Å². The molecule has 1 saturated heterocycles. The highest BCUT2D eigenvalue weighted by Gasteiger charge is 2.30. The van der Waals surface area contributed by atoms with E-state index in [2.05, 4.69) is 5.32 Å². The van der Waals surface area contributed by atoms with Gasteiger partial charge in [0.1, 0.15) is 19.3 Å². The van der Waals surface area contributed by atoms with Gasteiger partial charge in [0.15, 0.2) is 11.5 Å². The summed E-state index contributed by atoms with van der Waals surface area (Å²) in [6, 6.07) is 13.5. The van der Waals surface area contributed by atoms with E-state index in [-0.39, 0.29) is 42.0 Å². The Hall–Kier alpha value is -3.13. The Morgan fingerprint density at radius 3 is 2.52 bits per heavy atom. The van der Waals surface area contributed by atoms with Crippen LogP contribution in [0.25, 0.3) is 0 Å². The van der Waals surface area contributed by atoms with Gasteiger partial charge in [-0.05, 0) is 36.8 Å². The minimum Gasteiger partial charge on any atom is -0.486 e. The summed E-state index contributed by atoms with van der Waals surface area (Å²) in [4.78, 5) is 14.5. The standard InChI is InChI=1S/C23H26N4O5S/c1-17(18-6-7-20-21(14-18)32-13-12-31-20)25-23(28)16-26-8-10-27(11-9-26)33(29,30)22-5-3-2-4-19(22)15-24/h2-7,14,17H,8-13,16H2,1H3,(H,25,28). The van der Waals surface area contributed by atoms with E-state index in [1.54, 1.807) is 12.1 Å². The van der Waals surface area contributed by atoms with Crippen molar-refractivity contribution in [3.05, 3.63) is 53.6 Å². The smallest absolute Gasteiger partial charge is 0.244 e. The van der Waals surface area contributed by atoms with Crippen molar-refractivity contribution < 1.29 is 22.7 Å². The highest BCUT2D eigenvalue weighted by Crippen LogP contribution is 2.32. The Balaban J connectivity index is 1.31. The molecule has 4 rings (SSSR count). The molecular formula is C23H26N4O5S. The average Bonchev–Trinajstić information content (AvgIpc) is 2.84. The van der Waals surface area contributed by atoms with Crippen LogP contribution in [0, 0.1) is 11.3 Å². The zero-order valence-electron chi connectivity index (χ0n) is 18.4. The van der Waals surface area contributed by atoms with E-state index in [0.717, 1.165) is 5.56 Å². The third-order valence-corrected chi connectivity index (χ3v) is 7.72. The van der Waals surface area contributed by atoms with Crippen molar-refractivity contribution in [2.75, 3.05) is 45.9 Å². The van der Waals surface area contributed by atoms with E-state index in [1.165, 1.54) is 16.4 Å². The van der Waals surface area contributed by atoms with Crippen LogP contribution in [-0.4, -0.2) is 69.5 Å². The van der Waals surface area contributed by atoms with Gasteiger partial charge in [-0.15, -0.1) is 0 Å². The normalized spacial score (nSPS) is 17.7. The van der Waals surface area contributed by atoms with Crippen LogP contribution >= 0.6 is 0 Å². The molecule has 2 aromatic carbocycles. The largest absolute Gasteiger partial charge is 0.486 e. The lowest BCUT2D eigenvalue weighted by Crippen LogP contribution is -2.51. The summed E-state index contributed by atoms with van der Waals surface area (Å²) in [5, 5.41) is 12.2. The summed E-state index contributed by atoms with van der Waals surface area (Å²) >= 11 is 0. The molecule has 0 bridgehead atoms. The van der Waals surface area contributed by atoms with Crippen LogP contribution in [0.3, 0.4) is 0 Å². The quantitative estimate of drug-likeness (QED) is 0.681. The molecule has 0 spiro atoms. The molecule has 10 heteroatoms. The first-order chi connectivity index (χ1) is 15.9. The molecule has 2 heterocycles. The second kappa shape index (κ2) is 9.79. The van der Waals surface area contributed by atoms with E-state index in [0.29, 0.717) is 37.8 Å². The zero-order chi connectivity index (χ0) is 23.4. The lowest BCUT2D eigenvalue weighted by Gasteiger charge is -2.33. The molecule has 1 N–H and O–H groups in total. The SMILES string of the molecule is CC(NC(=O)CN1CCN(S(=O)(=O)c2ccccc2C#N)CC1)c1ccc2c(c1)OCCO2. The van der Waals surface area contributed by atoms with E-state index in [4.69, 9.17) is 9.47 Å². The average molecular weight is 471 g/mol. The monoisotopic (exact) mass is 470 g/mol. The number of hydrogen-bond donors (Lipinski definition) is 1. The van der Waals surface area contributed by atoms with Gasteiger partial charge < -0.3 is 14.8 Å². The number of benzene rings is 2. The van der Waals surface area contributed by atoms with Crippen LogP contribution < -0.4 is 14.8 Å². The number of amides is 1. The molecule has 0 radical (unpaired) electrons. The maximum atomic E-state index is 13.0. The first kappa shape index (κ1) is 23.0. The van der Waals surface area contributed by atoms with Crippen LogP contribution in [0.2, 0.25) is 0 Å². The first-order valence-corrected chi connectivity index (χ1v) is 12.2. The molecule has 0 aromatic heterocycles. The van der Waals surface area contributed by atoms with Crippen LogP contribution in [0.1, 0.15) is 24.1 Å². The number of nitrogens with zero attached hydrogens (tertiary/aromatic N) is 3. The van der Waals surface area contributed by atoms with Gasteiger partial charge in [-0.1, -0.05) is 18.2 Å². The third kappa shape index (κ3) is 5.11. The van der Waals surface area contributed by atoms with Crippen molar-refractivity contribution in [3.63, 3.8) is 0 Å². The van der Waals surface area contributed by atoms with Gasteiger partial charge in [-0.25, -0.2) is 8.42 Å². The Labute approximate surface area is 193 Å². The highest BCUT2D eigenvalue weighted by atomic mass is 32.2. The van der Waals surface area contributed by atoms with E-state index >= 15 is 0 Å². The minimum atomic E-state index is -3.76. The number of carbonyl (C=O) groups excluding carboxylic acids is 1. The fourth-order valence-electron chi connectivity index (χ4n) is 3.95. The number of carbonyl (C=O) groups is 1. The number of piperazine rings is 1. The predicted molar refractivity (Wildman–Crippen MR) is 120 cm³/mol. The highest BCUT2D eigenvalue weighted by molar-refractivity contribution is 7.89.